The second-order valence-electron chi connectivity index (χ2n) is 4.63. The Hall–Kier alpha value is -1.31. The first-order valence-electron chi connectivity index (χ1n) is 6.57. The largest absolute Gasteiger partial charge is 0.369 e. The second kappa shape index (κ2) is 7.80. The van der Waals surface area contributed by atoms with E-state index < -0.39 is 0 Å². The molecule has 116 valence electrons. The van der Waals surface area contributed by atoms with Crippen molar-refractivity contribution in [2.75, 3.05) is 11.1 Å². The van der Waals surface area contributed by atoms with Crippen molar-refractivity contribution in [3.8, 4) is 10.4 Å². The highest BCUT2D eigenvalue weighted by molar-refractivity contribution is 9.10. The number of benzene rings is 1. The van der Waals surface area contributed by atoms with E-state index in [-0.39, 0.29) is 18.2 Å². The van der Waals surface area contributed by atoms with Gasteiger partial charge >= 0.3 is 0 Å². The Bertz CT molecular complexity index is 683. The number of nitrogens with one attached hydrogen (secondary N) is 1. The van der Waals surface area contributed by atoms with E-state index in [1.54, 1.807) is 0 Å². The number of primary amides is 1. The van der Waals surface area contributed by atoms with E-state index in [0.717, 1.165) is 25.5 Å². The first-order valence-corrected chi connectivity index (χ1v) is 8.81. The van der Waals surface area contributed by atoms with Gasteiger partial charge in [-0.1, -0.05) is 12.1 Å². The van der Waals surface area contributed by atoms with Crippen LogP contribution in [0.25, 0.3) is 10.4 Å². The summed E-state index contributed by atoms with van der Waals surface area (Å²) >= 11 is 9.06. The summed E-state index contributed by atoms with van der Waals surface area (Å²) in [6.07, 6.45) is 0.624. The molecule has 0 spiro atoms. The monoisotopic (exact) mass is 398 g/mol. The van der Waals surface area contributed by atoms with Crippen LogP contribution in [0.4, 0.5) is 5.69 Å². The number of carbonyl (C=O) groups is 2. The first-order chi connectivity index (χ1) is 10.5. The molecule has 0 unspecified atom stereocenters. The number of anilines is 1. The van der Waals surface area contributed by atoms with Crippen LogP contribution in [0, 0.1) is 0 Å². The lowest BCUT2D eigenvalue weighted by atomic mass is 10.1. The smallest absolute Gasteiger partial charge is 0.225 e. The van der Waals surface area contributed by atoms with Crippen LogP contribution in [0.3, 0.4) is 0 Å². The van der Waals surface area contributed by atoms with Gasteiger partial charge in [-0.15, -0.1) is 11.3 Å². The summed E-state index contributed by atoms with van der Waals surface area (Å²) in [6, 6.07) is 9.48. The van der Waals surface area contributed by atoms with Gasteiger partial charge in [0.15, 0.2) is 0 Å². The van der Waals surface area contributed by atoms with Crippen LogP contribution in [0.5, 0.6) is 0 Å². The fourth-order valence-electron chi connectivity index (χ4n) is 1.90. The number of hydrogen-bond donors (Lipinski definition) is 3. The molecule has 0 radical (unpaired) electrons. The summed E-state index contributed by atoms with van der Waals surface area (Å²) in [6.45, 7) is 0. The molecule has 4 nitrogen and oxygen atoms in total. The summed E-state index contributed by atoms with van der Waals surface area (Å²) in [5, 5.41) is 2.81. The Balaban J connectivity index is 2.15. The van der Waals surface area contributed by atoms with Crippen LogP contribution in [-0.4, -0.2) is 17.6 Å². The topological polar surface area (TPSA) is 72.2 Å². The lowest BCUT2D eigenvalue weighted by molar-refractivity contribution is -0.117. The molecule has 2 aromatic rings. The van der Waals surface area contributed by atoms with Crippen molar-refractivity contribution < 1.29 is 9.59 Å². The summed E-state index contributed by atoms with van der Waals surface area (Å²) in [5.74, 6) is 0.126. The molecule has 1 aromatic heterocycles. The van der Waals surface area contributed by atoms with E-state index in [9.17, 15) is 9.59 Å². The number of halogens is 1. The number of amides is 2. The molecule has 0 saturated heterocycles. The number of nitrogens with two attached hydrogens (primary N) is 1. The molecule has 0 aliphatic heterocycles. The Morgan fingerprint density at radius 2 is 1.95 bits per heavy atom. The average Bonchev–Trinajstić information content (AvgIpc) is 2.79. The third-order valence-electron chi connectivity index (χ3n) is 2.86. The molecule has 0 fully saturated rings. The van der Waals surface area contributed by atoms with Gasteiger partial charge < -0.3 is 11.1 Å². The van der Waals surface area contributed by atoms with Crippen LogP contribution < -0.4 is 11.1 Å². The minimum Gasteiger partial charge on any atom is -0.369 e. The number of rotatable bonds is 6. The van der Waals surface area contributed by atoms with E-state index >= 15 is 0 Å². The fraction of sp³-hybridized carbons (Fsp3) is 0.200. The maximum atomic E-state index is 11.5. The fourth-order valence-corrected chi connectivity index (χ4v) is 4.07. The van der Waals surface area contributed by atoms with Crippen molar-refractivity contribution in [2.45, 2.75) is 12.8 Å². The molecule has 3 N–H and O–H groups in total. The zero-order valence-corrected chi connectivity index (χ0v) is 14.9. The quantitative estimate of drug-likeness (QED) is 0.651. The lowest BCUT2D eigenvalue weighted by Gasteiger charge is -2.05. The molecule has 0 atom stereocenters. The standard InChI is InChI=1S/C15H15BrN2O2S2/c16-12-7-11(8-13(17)19)22-15(12)9-1-3-10(4-2-9)18-14(20)5-6-21/h1-4,7,21H,5-6,8H2,(H2,17,19)(H,18,20). The third kappa shape index (κ3) is 4.59. The lowest BCUT2D eigenvalue weighted by Crippen LogP contribution is -2.12. The molecule has 0 bridgehead atoms. The third-order valence-corrected chi connectivity index (χ3v) is 5.15. The zero-order valence-electron chi connectivity index (χ0n) is 11.6. The van der Waals surface area contributed by atoms with Crippen LogP contribution in [0.2, 0.25) is 0 Å². The van der Waals surface area contributed by atoms with Gasteiger partial charge in [-0.25, -0.2) is 0 Å². The van der Waals surface area contributed by atoms with Gasteiger partial charge in [0.2, 0.25) is 11.8 Å². The highest BCUT2D eigenvalue weighted by Gasteiger charge is 2.11. The van der Waals surface area contributed by atoms with Crippen LogP contribution in [0.15, 0.2) is 34.8 Å². The second-order valence-corrected chi connectivity index (χ2v) is 7.07. The first kappa shape index (κ1) is 17.1. The van der Waals surface area contributed by atoms with Gasteiger partial charge in [0.1, 0.15) is 0 Å². The van der Waals surface area contributed by atoms with Gasteiger partial charge in [0.25, 0.3) is 0 Å². The van der Waals surface area contributed by atoms with Crippen molar-refractivity contribution in [1.29, 1.82) is 0 Å². The minimum absolute atomic E-state index is 0.0520. The van der Waals surface area contributed by atoms with Gasteiger partial charge in [-0.05, 0) is 45.4 Å². The summed E-state index contributed by atoms with van der Waals surface area (Å²) in [5.41, 5.74) is 6.98. The van der Waals surface area contributed by atoms with Gasteiger partial charge in [0.05, 0.1) is 6.42 Å². The molecule has 2 amide bonds. The van der Waals surface area contributed by atoms with Crippen molar-refractivity contribution >= 4 is 57.4 Å². The predicted octanol–water partition coefficient (Wildman–Crippen LogP) is 3.46. The summed E-state index contributed by atoms with van der Waals surface area (Å²) in [4.78, 5) is 24.5. The SMILES string of the molecule is NC(=O)Cc1cc(Br)c(-c2ccc(NC(=O)CCS)cc2)s1. The van der Waals surface area contributed by atoms with Gasteiger partial charge in [-0.3, -0.25) is 9.59 Å². The van der Waals surface area contributed by atoms with E-state index in [2.05, 4.69) is 33.9 Å². The highest BCUT2D eigenvalue weighted by atomic mass is 79.9. The van der Waals surface area contributed by atoms with Crippen molar-refractivity contribution in [3.05, 3.63) is 39.7 Å². The van der Waals surface area contributed by atoms with Crippen LogP contribution >= 0.6 is 39.9 Å². The average molecular weight is 399 g/mol. The van der Waals surface area contributed by atoms with E-state index in [4.69, 9.17) is 5.73 Å². The zero-order chi connectivity index (χ0) is 16.1. The number of thiol groups is 1. The molecular weight excluding hydrogens is 384 g/mol. The number of thiophene rings is 1. The van der Waals surface area contributed by atoms with Crippen molar-refractivity contribution in [2.24, 2.45) is 5.73 Å². The Morgan fingerprint density at radius 3 is 2.55 bits per heavy atom. The van der Waals surface area contributed by atoms with E-state index in [1.165, 1.54) is 11.3 Å². The molecule has 22 heavy (non-hydrogen) atoms. The summed E-state index contributed by atoms with van der Waals surface area (Å²) in [7, 11) is 0. The molecule has 1 heterocycles. The predicted molar refractivity (Wildman–Crippen MR) is 97.5 cm³/mol. The van der Waals surface area contributed by atoms with E-state index in [1.807, 2.05) is 30.3 Å². The molecular formula is C15H15BrN2O2S2. The minimum atomic E-state index is -0.345. The Morgan fingerprint density at radius 1 is 1.27 bits per heavy atom. The maximum absolute atomic E-state index is 11.5. The Labute approximate surface area is 146 Å². The van der Waals surface area contributed by atoms with E-state index in [0.29, 0.717) is 12.2 Å². The molecule has 0 saturated carbocycles. The van der Waals surface area contributed by atoms with Gasteiger partial charge in [0, 0.05) is 26.3 Å². The highest BCUT2D eigenvalue weighted by Crippen LogP contribution is 2.37. The number of carbonyl (C=O) groups excluding carboxylic acids is 2. The Kier molecular flexibility index (Phi) is 6.05. The molecule has 0 aliphatic carbocycles. The molecule has 2 rings (SSSR count). The molecule has 0 aliphatic rings. The van der Waals surface area contributed by atoms with Crippen molar-refractivity contribution in [1.82, 2.24) is 0 Å². The van der Waals surface area contributed by atoms with Crippen molar-refractivity contribution in [3.63, 3.8) is 0 Å². The van der Waals surface area contributed by atoms with Crippen LogP contribution in [0.1, 0.15) is 11.3 Å². The van der Waals surface area contributed by atoms with Gasteiger partial charge in [-0.2, -0.15) is 12.6 Å². The summed E-state index contributed by atoms with van der Waals surface area (Å²) < 4.78 is 0.931. The molecule has 1 aromatic carbocycles. The molecule has 7 heteroatoms. The number of hydrogen-bond acceptors (Lipinski definition) is 4. The van der Waals surface area contributed by atoms with Crippen LogP contribution in [-0.2, 0) is 16.0 Å². The maximum Gasteiger partial charge on any atom is 0.225 e. The normalized spacial score (nSPS) is 10.5.